The molecule has 1 saturated carbocycles. The minimum Gasteiger partial charge on any atom is -0.497 e. The number of benzene rings is 1. The molecule has 1 fully saturated rings. The molecule has 0 bridgehead atoms. The second-order valence-electron chi connectivity index (χ2n) is 12.5. The monoisotopic (exact) mass is 652 g/mol. The summed E-state index contributed by atoms with van der Waals surface area (Å²) in [4.78, 5) is 37.5. The molecule has 252 valence electrons. The molecule has 11 nitrogen and oxygen atoms in total. The summed E-state index contributed by atoms with van der Waals surface area (Å²) in [6.45, 7) is 6.70. The number of ether oxygens (including phenoxy) is 3. The molecule has 1 aliphatic carbocycles. The molecule has 13 heteroatoms. The van der Waals surface area contributed by atoms with Gasteiger partial charge in [-0.3, -0.25) is 14.2 Å². The van der Waals surface area contributed by atoms with E-state index in [4.69, 9.17) is 19.2 Å². The number of aromatic nitrogens is 4. The first-order valence-electron chi connectivity index (χ1n) is 15.7. The normalized spacial score (nSPS) is 14.8. The van der Waals surface area contributed by atoms with Gasteiger partial charge >= 0.3 is 0 Å². The lowest BCUT2D eigenvalue weighted by atomic mass is 9.92. The van der Waals surface area contributed by atoms with Crippen LogP contribution in [0.1, 0.15) is 68.4 Å². The fourth-order valence-corrected chi connectivity index (χ4v) is 5.84. The first-order valence-corrected chi connectivity index (χ1v) is 15.7. The Bertz CT molecular complexity index is 1790. The number of carbonyl (C=O) groups excluding carboxylic acids is 1. The first kappa shape index (κ1) is 33.8. The topological polar surface area (TPSA) is 113 Å². The van der Waals surface area contributed by atoms with Gasteiger partial charge in [0.2, 0.25) is 11.8 Å². The Balaban J connectivity index is 1.55. The maximum atomic E-state index is 14.0. The zero-order chi connectivity index (χ0) is 33.9. The van der Waals surface area contributed by atoms with Gasteiger partial charge in [-0.05, 0) is 42.5 Å². The molecule has 0 unspecified atom stereocenters. The van der Waals surface area contributed by atoms with Gasteiger partial charge in [0.1, 0.15) is 34.8 Å². The predicted molar refractivity (Wildman–Crippen MR) is 176 cm³/mol. The van der Waals surface area contributed by atoms with E-state index < -0.39 is 5.92 Å². The highest BCUT2D eigenvalue weighted by Gasteiger charge is 2.36. The summed E-state index contributed by atoms with van der Waals surface area (Å²) in [5.41, 5.74) is 2.95. The summed E-state index contributed by atoms with van der Waals surface area (Å²) in [6, 6.07) is 8.67. The number of nitrogens with zero attached hydrogens (tertiary/aromatic N) is 5. The van der Waals surface area contributed by atoms with Gasteiger partial charge in [0.15, 0.2) is 5.65 Å². The third kappa shape index (κ3) is 7.73. The van der Waals surface area contributed by atoms with Gasteiger partial charge in [-0.1, -0.05) is 13.8 Å². The van der Waals surface area contributed by atoms with Gasteiger partial charge in [0, 0.05) is 69.9 Å². The molecular weight excluding hydrogens is 610 g/mol. The summed E-state index contributed by atoms with van der Waals surface area (Å²) in [5, 5.41) is 3.18. The Kier molecular flexibility index (Phi) is 10.1. The molecule has 5 rings (SSSR count). The van der Waals surface area contributed by atoms with Crippen molar-refractivity contribution in [3.05, 3.63) is 64.3 Å². The van der Waals surface area contributed by atoms with Crippen molar-refractivity contribution < 1.29 is 27.8 Å². The van der Waals surface area contributed by atoms with Crippen molar-refractivity contribution >= 4 is 34.3 Å². The number of rotatable bonds is 12. The minimum absolute atomic E-state index is 0.189. The van der Waals surface area contributed by atoms with E-state index in [0.717, 1.165) is 11.1 Å². The lowest BCUT2D eigenvalue weighted by Gasteiger charge is -2.30. The van der Waals surface area contributed by atoms with Crippen LogP contribution in [-0.2, 0) is 17.9 Å². The highest BCUT2D eigenvalue weighted by atomic mass is 19.3. The zero-order valence-corrected chi connectivity index (χ0v) is 27.7. The van der Waals surface area contributed by atoms with Crippen molar-refractivity contribution in [2.75, 3.05) is 38.1 Å². The van der Waals surface area contributed by atoms with Crippen LogP contribution < -0.4 is 25.2 Å². The molecule has 0 amide bonds. The van der Waals surface area contributed by atoms with E-state index in [2.05, 4.69) is 10.3 Å². The highest BCUT2D eigenvalue weighted by molar-refractivity contribution is 5.94. The summed E-state index contributed by atoms with van der Waals surface area (Å²) < 4.78 is 47.7. The molecule has 4 aromatic rings. The summed E-state index contributed by atoms with van der Waals surface area (Å²) in [6.07, 6.45) is 2.97. The van der Waals surface area contributed by atoms with Crippen LogP contribution in [0, 0.1) is 5.92 Å². The molecule has 0 aliphatic heterocycles. The third-order valence-electron chi connectivity index (χ3n) is 8.30. The highest BCUT2D eigenvalue weighted by Crippen LogP contribution is 2.38. The van der Waals surface area contributed by atoms with Crippen molar-refractivity contribution in [2.24, 2.45) is 5.92 Å². The van der Waals surface area contributed by atoms with Crippen LogP contribution in [0.15, 0.2) is 47.7 Å². The van der Waals surface area contributed by atoms with E-state index >= 15 is 0 Å². The number of alkyl halides is 2. The standard InChI is InChI=1S/C34H42F2N6O5/c1-21(2)18-47-19-23-13-27(33(44)41(16-23)25-9-11-34(35,36)12-10-25)38-30-15-28(31-32(39-30)42(20-37-31)22(3)43)40(4)17-24-7-8-26(45-5)14-29(24)46-6/h7-8,13-16,20-21,25H,9-12,17-19H2,1-6H3,(H,38,39). The minimum atomic E-state index is -2.73. The number of imidazole rings is 1. The van der Waals surface area contributed by atoms with Gasteiger partial charge < -0.3 is 29.0 Å². The van der Waals surface area contributed by atoms with Crippen molar-refractivity contribution in [2.45, 2.75) is 71.6 Å². The van der Waals surface area contributed by atoms with Crippen molar-refractivity contribution in [1.29, 1.82) is 0 Å². The average Bonchev–Trinajstić information content (AvgIpc) is 3.46. The first-order chi connectivity index (χ1) is 22.4. The number of halogens is 2. The number of carbonyl (C=O) groups is 1. The largest absolute Gasteiger partial charge is 0.497 e. The maximum Gasteiger partial charge on any atom is 0.274 e. The Labute approximate surface area is 272 Å². The predicted octanol–water partition coefficient (Wildman–Crippen LogP) is 6.57. The number of methoxy groups -OCH3 is 2. The lowest BCUT2D eigenvalue weighted by molar-refractivity contribution is -0.0442. The molecule has 0 spiro atoms. The van der Waals surface area contributed by atoms with Crippen LogP contribution in [0.2, 0.25) is 0 Å². The van der Waals surface area contributed by atoms with Gasteiger partial charge in [0.05, 0.1) is 26.5 Å². The molecule has 1 aromatic carbocycles. The molecular formula is C34H42F2N6O5. The van der Waals surface area contributed by atoms with E-state index in [0.29, 0.717) is 53.2 Å². The number of anilines is 3. The van der Waals surface area contributed by atoms with Crippen molar-refractivity contribution in [1.82, 2.24) is 19.1 Å². The van der Waals surface area contributed by atoms with Gasteiger partial charge in [-0.2, -0.15) is 0 Å². The molecule has 0 saturated heterocycles. The smallest absolute Gasteiger partial charge is 0.274 e. The fraction of sp³-hybridized carbons (Fsp3) is 0.471. The van der Waals surface area contributed by atoms with Gasteiger partial charge in [-0.25, -0.2) is 18.7 Å². The summed E-state index contributed by atoms with van der Waals surface area (Å²) in [5.74, 6) is -1.07. The third-order valence-corrected chi connectivity index (χ3v) is 8.30. The molecule has 3 aromatic heterocycles. The van der Waals surface area contributed by atoms with Gasteiger partial charge in [0.25, 0.3) is 5.56 Å². The van der Waals surface area contributed by atoms with E-state index in [1.54, 1.807) is 43.2 Å². The Morgan fingerprint density at radius 3 is 2.55 bits per heavy atom. The molecule has 1 N–H and O–H groups in total. The van der Waals surface area contributed by atoms with E-state index in [9.17, 15) is 18.4 Å². The quantitative estimate of drug-likeness (QED) is 0.182. The molecule has 3 heterocycles. The van der Waals surface area contributed by atoms with E-state index in [1.165, 1.54) is 17.8 Å². The van der Waals surface area contributed by atoms with E-state index in [-0.39, 0.29) is 55.5 Å². The summed E-state index contributed by atoms with van der Waals surface area (Å²) >= 11 is 0. The number of hydrogen-bond donors (Lipinski definition) is 1. The summed E-state index contributed by atoms with van der Waals surface area (Å²) in [7, 11) is 5.06. The second kappa shape index (κ2) is 14.1. The number of hydrogen-bond acceptors (Lipinski definition) is 9. The van der Waals surface area contributed by atoms with Crippen LogP contribution in [0.5, 0.6) is 11.5 Å². The molecule has 1 aliphatic rings. The van der Waals surface area contributed by atoms with Crippen LogP contribution in [0.25, 0.3) is 11.2 Å². The lowest BCUT2D eigenvalue weighted by Crippen LogP contribution is -2.32. The number of pyridine rings is 2. The Morgan fingerprint density at radius 1 is 1.15 bits per heavy atom. The fourth-order valence-electron chi connectivity index (χ4n) is 5.84. The van der Waals surface area contributed by atoms with Crippen LogP contribution in [0.4, 0.5) is 26.0 Å². The molecule has 0 radical (unpaired) electrons. The Hall–Kier alpha value is -4.52. The second-order valence-corrected chi connectivity index (χ2v) is 12.5. The van der Waals surface area contributed by atoms with Gasteiger partial charge in [-0.15, -0.1) is 0 Å². The SMILES string of the molecule is COc1ccc(CN(C)c2cc(Nc3cc(COCC(C)C)cn(C4CCC(F)(F)CC4)c3=O)nc3c2ncn3C(C)=O)c(OC)c1. The molecule has 47 heavy (non-hydrogen) atoms. The zero-order valence-electron chi connectivity index (χ0n) is 27.7. The van der Waals surface area contributed by atoms with Crippen LogP contribution >= 0.6 is 0 Å². The Morgan fingerprint density at radius 2 is 1.89 bits per heavy atom. The van der Waals surface area contributed by atoms with Crippen molar-refractivity contribution in [3.63, 3.8) is 0 Å². The number of fused-ring (bicyclic) bond motifs is 1. The number of nitrogens with one attached hydrogen (secondary N) is 1. The van der Waals surface area contributed by atoms with E-state index in [1.807, 2.05) is 37.9 Å². The van der Waals surface area contributed by atoms with Crippen LogP contribution in [-0.4, -0.2) is 58.8 Å². The maximum absolute atomic E-state index is 14.0. The average molecular weight is 653 g/mol. The molecule has 0 atom stereocenters. The van der Waals surface area contributed by atoms with Crippen molar-refractivity contribution in [3.8, 4) is 11.5 Å². The van der Waals surface area contributed by atoms with Crippen LogP contribution in [0.3, 0.4) is 0 Å².